The third-order valence-corrected chi connectivity index (χ3v) is 4.55. The minimum atomic E-state index is 0.156. The third kappa shape index (κ3) is 3.59. The first kappa shape index (κ1) is 13.6. The lowest BCUT2D eigenvalue weighted by atomic mass is 10.2. The average Bonchev–Trinajstić information content (AvgIpc) is 2.86. The maximum Gasteiger partial charge on any atom is 0.240 e. The zero-order valence-electron chi connectivity index (χ0n) is 10.4. The normalized spacial score (nSPS) is 12.6. The molecule has 0 spiro atoms. The summed E-state index contributed by atoms with van der Waals surface area (Å²) in [6.45, 7) is 4.16. The van der Waals surface area contributed by atoms with Gasteiger partial charge in [-0.1, -0.05) is 45.7 Å². The summed E-state index contributed by atoms with van der Waals surface area (Å²) < 4.78 is 5.20. The van der Waals surface area contributed by atoms with E-state index in [-0.39, 0.29) is 4.83 Å². The molecule has 1 atom stereocenters. The lowest BCUT2D eigenvalue weighted by Gasteiger charge is -1.99. The summed E-state index contributed by atoms with van der Waals surface area (Å²) in [5.41, 5.74) is 1.27. The molecule has 0 fully saturated rings. The van der Waals surface area contributed by atoms with E-state index in [1.807, 2.05) is 0 Å². The van der Waals surface area contributed by atoms with Crippen LogP contribution in [-0.2, 0) is 5.75 Å². The highest BCUT2D eigenvalue weighted by Crippen LogP contribution is 2.26. The van der Waals surface area contributed by atoms with Gasteiger partial charge in [0, 0.05) is 4.90 Å². The van der Waals surface area contributed by atoms with Gasteiger partial charge in [-0.3, -0.25) is 0 Å². The molecule has 0 amide bonds. The number of nitrogens with zero attached hydrogens (tertiary/aromatic N) is 2. The summed E-state index contributed by atoms with van der Waals surface area (Å²) in [4.78, 5) is 5.74. The van der Waals surface area contributed by atoms with E-state index in [1.165, 1.54) is 10.5 Å². The Morgan fingerprint density at radius 1 is 1.33 bits per heavy atom. The quantitative estimate of drug-likeness (QED) is 0.598. The molecule has 18 heavy (non-hydrogen) atoms. The molecule has 0 radical (unpaired) electrons. The molecule has 2 rings (SSSR count). The number of alkyl halides is 1. The average molecular weight is 327 g/mol. The monoisotopic (exact) mass is 326 g/mol. The molecule has 0 saturated heterocycles. The second-order valence-electron chi connectivity index (χ2n) is 4.03. The van der Waals surface area contributed by atoms with Gasteiger partial charge in [-0.15, -0.1) is 11.8 Å². The van der Waals surface area contributed by atoms with Crippen LogP contribution < -0.4 is 0 Å². The van der Waals surface area contributed by atoms with Crippen molar-refractivity contribution >= 4 is 27.7 Å². The maximum absolute atomic E-state index is 5.20. The molecule has 0 bridgehead atoms. The van der Waals surface area contributed by atoms with Crippen molar-refractivity contribution in [1.29, 1.82) is 0 Å². The third-order valence-electron chi connectivity index (χ3n) is 2.50. The van der Waals surface area contributed by atoms with E-state index in [0.29, 0.717) is 5.89 Å². The molecule has 1 aromatic heterocycles. The number of thioether (sulfide) groups is 1. The fourth-order valence-electron chi connectivity index (χ4n) is 1.41. The van der Waals surface area contributed by atoms with E-state index in [2.05, 4.69) is 64.2 Å². The van der Waals surface area contributed by atoms with Crippen molar-refractivity contribution in [3.8, 4) is 0 Å². The van der Waals surface area contributed by atoms with Gasteiger partial charge in [-0.25, -0.2) is 0 Å². The molecule has 0 saturated carbocycles. The first-order valence-corrected chi connectivity index (χ1v) is 7.75. The number of halogens is 1. The first-order valence-electron chi connectivity index (χ1n) is 5.85. The van der Waals surface area contributed by atoms with Crippen LogP contribution in [0.2, 0.25) is 0 Å². The van der Waals surface area contributed by atoms with Crippen molar-refractivity contribution in [2.24, 2.45) is 0 Å². The molecule has 2 aromatic rings. The van der Waals surface area contributed by atoms with Gasteiger partial charge in [-0.05, 0) is 25.5 Å². The highest BCUT2D eigenvalue weighted by molar-refractivity contribution is 9.09. The van der Waals surface area contributed by atoms with Crippen LogP contribution in [-0.4, -0.2) is 10.1 Å². The molecule has 0 N–H and O–H groups in total. The van der Waals surface area contributed by atoms with Crippen LogP contribution in [0.4, 0.5) is 0 Å². The van der Waals surface area contributed by atoms with E-state index in [4.69, 9.17) is 4.52 Å². The fraction of sp³-hybridized carbons (Fsp3) is 0.385. The second kappa shape index (κ2) is 6.38. The van der Waals surface area contributed by atoms with E-state index < -0.39 is 0 Å². The zero-order valence-corrected chi connectivity index (χ0v) is 12.8. The van der Waals surface area contributed by atoms with Crippen LogP contribution in [0.15, 0.2) is 33.7 Å². The standard InChI is InChI=1S/C13H15BrN2OS/c1-3-11(14)13-15-12(16-17-13)8-18-10-6-4-9(2)5-7-10/h4-7,11H,3,8H2,1-2H3. The highest BCUT2D eigenvalue weighted by Gasteiger charge is 2.13. The van der Waals surface area contributed by atoms with Crippen LogP contribution >= 0.6 is 27.7 Å². The molecule has 3 nitrogen and oxygen atoms in total. The lowest BCUT2D eigenvalue weighted by molar-refractivity contribution is 0.372. The van der Waals surface area contributed by atoms with E-state index in [0.717, 1.165) is 18.0 Å². The lowest BCUT2D eigenvalue weighted by Crippen LogP contribution is -1.89. The number of hydrogen-bond donors (Lipinski definition) is 0. The van der Waals surface area contributed by atoms with Crippen molar-refractivity contribution in [3.63, 3.8) is 0 Å². The van der Waals surface area contributed by atoms with Gasteiger partial charge in [0.1, 0.15) is 0 Å². The fourth-order valence-corrected chi connectivity index (χ4v) is 2.34. The summed E-state index contributed by atoms with van der Waals surface area (Å²) in [5, 5.41) is 3.98. The zero-order chi connectivity index (χ0) is 13.0. The first-order chi connectivity index (χ1) is 8.69. The molecule has 1 aromatic carbocycles. The van der Waals surface area contributed by atoms with Crippen molar-refractivity contribution in [1.82, 2.24) is 10.1 Å². The Labute approximate surface area is 119 Å². The van der Waals surface area contributed by atoms with Gasteiger partial charge in [-0.2, -0.15) is 4.98 Å². The van der Waals surface area contributed by atoms with Crippen molar-refractivity contribution in [3.05, 3.63) is 41.5 Å². The van der Waals surface area contributed by atoms with E-state index in [1.54, 1.807) is 11.8 Å². The van der Waals surface area contributed by atoms with Crippen LogP contribution in [0.25, 0.3) is 0 Å². The SMILES string of the molecule is CCC(Br)c1nc(CSc2ccc(C)cc2)no1. The molecule has 0 aliphatic heterocycles. The van der Waals surface area contributed by atoms with Gasteiger partial charge < -0.3 is 4.52 Å². The van der Waals surface area contributed by atoms with E-state index in [9.17, 15) is 0 Å². The smallest absolute Gasteiger partial charge is 0.240 e. The van der Waals surface area contributed by atoms with Gasteiger partial charge in [0.2, 0.25) is 5.89 Å². The maximum atomic E-state index is 5.20. The van der Waals surface area contributed by atoms with Crippen LogP contribution in [0.3, 0.4) is 0 Å². The summed E-state index contributed by atoms with van der Waals surface area (Å²) in [6, 6.07) is 8.44. The molecule has 1 heterocycles. The number of aromatic nitrogens is 2. The van der Waals surface area contributed by atoms with E-state index >= 15 is 0 Å². The van der Waals surface area contributed by atoms with Crippen LogP contribution in [0.5, 0.6) is 0 Å². The number of hydrogen-bond acceptors (Lipinski definition) is 4. The van der Waals surface area contributed by atoms with Gasteiger partial charge >= 0.3 is 0 Å². The van der Waals surface area contributed by atoms with Crippen LogP contribution in [0.1, 0.15) is 35.5 Å². The Morgan fingerprint density at radius 3 is 2.72 bits per heavy atom. The highest BCUT2D eigenvalue weighted by atomic mass is 79.9. The Bertz CT molecular complexity index is 498. The second-order valence-corrected chi connectivity index (χ2v) is 6.18. The van der Waals surface area contributed by atoms with Gasteiger partial charge in [0.25, 0.3) is 0 Å². The van der Waals surface area contributed by atoms with Crippen LogP contribution in [0, 0.1) is 6.92 Å². The minimum absolute atomic E-state index is 0.156. The molecule has 96 valence electrons. The molecule has 1 unspecified atom stereocenters. The molecule has 0 aliphatic rings. The predicted molar refractivity (Wildman–Crippen MR) is 77.0 cm³/mol. The number of aryl methyl sites for hydroxylation is 1. The Hall–Kier alpha value is -0.810. The van der Waals surface area contributed by atoms with Gasteiger partial charge in [0.15, 0.2) is 5.82 Å². The minimum Gasteiger partial charge on any atom is -0.338 e. The van der Waals surface area contributed by atoms with Gasteiger partial charge in [0.05, 0.1) is 10.6 Å². The number of benzene rings is 1. The largest absolute Gasteiger partial charge is 0.338 e. The summed E-state index contributed by atoms with van der Waals surface area (Å²) in [6.07, 6.45) is 0.937. The number of rotatable bonds is 5. The Morgan fingerprint density at radius 2 is 2.06 bits per heavy atom. The summed E-state index contributed by atoms with van der Waals surface area (Å²) in [5.74, 6) is 2.14. The topological polar surface area (TPSA) is 38.9 Å². The molecule has 5 heteroatoms. The Kier molecular flexibility index (Phi) is 4.83. The van der Waals surface area contributed by atoms with Crippen molar-refractivity contribution in [2.75, 3.05) is 0 Å². The molecule has 0 aliphatic carbocycles. The Balaban J connectivity index is 1.94. The predicted octanol–water partition coefficient (Wildman–Crippen LogP) is 4.52. The summed E-state index contributed by atoms with van der Waals surface area (Å²) in [7, 11) is 0. The molecular weight excluding hydrogens is 312 g/mol. The summed E-state index contributed by atoms with van der Waals surface area (Å²) >= 11 is 5.21. The van der Waals surface area contributed by atoms with Crippen molar-refractivity contribution < 1.29 is 4.52 Å². The van der Waals surface area contributed by atoms with Crippen molar-refractivity contribution in [2.45, 2.75) is 35.7 Å². The molecular formula is C13H15BrN2OS.